The van der Waals surface area contributed by atoms with E-state index in [0.29, 0.717) is 0 Å². The van der Waals surface area contributed by atoms with Crippen LogP contribution in [0.3, 0.4) is 0 Å². The number of piperazine rings is 1. The molecule has 0 unspecified atom stereocenters. The zero-order valence-corrected chi connectivity index (χ0v) is 13.8. The Morgan fingerprint density at radius 1 is 1.05 bits per heavy atom. The Bertz CT molecular complexity index is 331. The molecule has 0 spiro atoms. The Morgan fingerprint density at radius 2 is 1.63 bits per heavy atom. The number of allylic oxidation sites excluding steroid dienone is 2. The van der Waals surface area contributed by atoms with Gasteiger partial charge >= 0.3 is 0 Å². The fourth-order valence-electron chi connectivity index (χ4n) is 2.78. The van der Waals surface area contributed by atoms with Crippen LogP contribution in [0.5, 0.6) is 0 Å². The quantitative estimate of drug-likeness (QED) is 0.701. The molecule has 19 heavy (non-hydrogen) atoms. The largest absolute Gasteiger partial charge is 0.304 e. The Morgan fingerprint density at radius 3 is 2.05 bits per heavy atom. The van der Waals surface area contributed by atoms with Gasteiger partial charge in [-0.05, 0) is 43.9 Å². The lowest BCUT2D eigenvalue weighted by molar-refractivity contribution is 0.163. The molecular weight excluding hydrogens is 232 g/mol. The van der Waals surface area contributed by atoms with Crippen molar-refractivity contribution < 1.29 is 0 Å². The van der Waals surface area contributed by atoms with Gasteiger partial charge in [-0.2, -0.15) is 0 Å². The molecule has 1 rings (SSSR count). The van der Waals surface area contributed by atoms with Crippen LogP contribution in [0.15, 0.2) is 23.3 Å². The Hall–Kier alpha value is -0.600. The van der Waals surface area contributed by atoms with Crippen molar-refractivity contribution in [3.63, 3.8) is 0 Å². The molecule has 2 nitrogen and oxygen atoms in total. The predicted molar refractivity (Wildman–Crippen MR) is 85.5 cm³/mol. The summed E-state index contributed by atoms with van der Waals surface area (Å²) >= 11 is 0. The van der Waals surface area contributed by atoms with E-state index in [4.69, 9.17) is 0 Å². The van der Waals surface area contributed by atoms with Crippen molar-refractivity contribution in [2.45, 2.75) is 41.0 Å². The monoisotopic (exact) mass is 264 g/mol. The van der Waals surface area contributed by atoms with Crippen molar-refractivity contribution in [2.75, 3.05) is 39.8 Å². The van der Waals surface area contributed by atoms with Crippen LogP contribution in [0.4, 0.5) is 0 Å². The van der Waals surface area contributed by atoms with Gasteiger partial charge in [-0.15, -0.1) is 0 Å². The Balaban J connectivity index is 2.73. The van der Waals surface area contributed by atoms with Crippen molar-refractivity contribution in [2.24, 2.45) is 5.41 Å². The number of hydrogen-bond donors (Lipinski definition) is 0. The van der Waals surface area contributed by atoms with Crippen LogP contribution in [0, 0.1) is 5.41 Å². The molecule has 1 aliphatic rings. The van der Waals surface area contributed by atoms with Gasteiger partial charge in [-0.25, -0.2) is 0 Å². The van der Waals surface area contributed by atoms with E-state index in [1.165, 1.54) is 43.7 Å². The highest BCUT2D eigenvalue weighted by Crippen LogP contribution is 2.35. The first-order valence-electron chi connectivity index (χ1n) is 7.67. The smallest absolute Gasteiger partial charge is 0.0234 e. The van der Waals surface area contributed by atoms with Crippen LogP contribution in [-0.2, 0) is 0 Å². The van der Waals surface area contributed by atoms with Crippen LogP contribution >= 0.6 is 0 Å². The van der Waals surface area contributed by atoms with Crippen LogP contribution < -0.4 is 0 Å². The van der Waals surface area contributed by atoms with Crippen LogP contribution in [0.2, 0.25) is 0 Å². The number of rotatable bonds is 5. The summed E-state index contributed by atoms with van der Waals surface area (Å²) in [5, 5.41) is 0. The zero-order valence-electron chi connectivity index (χ0n) is 13.8. The maximum Gasteiger partial charge on any atom is 0.0234 e. The summed E-state index contributed by atoms with van der Waals surface area (Å²) < 4.78 is 0. The molecule has 0 radical (unpaired) electrons. The van der Waals surface area contributed by atoms with E-state index in [1.807, 2.05) is 0 Å². The molecule has 1 fully saturated rings. The first-order valence-corrected chi connectivity index (χ1v) is 7.67. The fourth-order valence-corrected chi connectivity index (χ4v) is 2.78. The lowest BCUT2D eigenvalue weighted by Gasteiger charge is -2.35. The summed E-state index contributed by atoms with van der Waals surface area (Å²) in [4.78, 5) is 5.00. The molecule has 0 bridgehead atoms. The highest BCUT2D eigenvalue weighted by Gasteiger charge is 2.24. The van der Waals surface area contributed by atoms with Gasteiger partial charge in [0.1, 0.15) is 0 Å². The van der Waals surface area contributed by atoms with Gasteiger partial charge in [0.2, 0.25) is 0 Å². The lowest BCUT2D eigenvalue weighted by atomic mass is 9.77. The van der Waals surface area contributed by atoms with Gasteiger partial charge in [0.15, 0.2) is 0 Å². The molecule has 0 atom stereocenters. The molecule has 0 aromatic rings. The number of hydrogen-bond acceptors (Lipinski definition) is 2. The molecule has 0 aromatic heterocycles. The standard InChI is InChI=1S/C17H32N2/c1-7-15(16(8-2)17(4,5)9-3)14-19-12-10-18(6)11-13-19/h7-8H,9-14H2,1-6H3. The first-order chi connectivity index (χ1) is 8.94. The van der Waals surface area contributed by atoms with E-state index in [2.05, 4.69) is 63.6 Å². The topological polar surface area (TPSA) is 6.48 Å². The number of likely N-dealkylation sites (N-methyl/N-ethyl adjacent to an activating group) is 1. The normalized spacial score (nSPS) is 20.9. The molecule has 0 amide bonds. The molecule has 1 saturated heterocycles. The molecule has 2 heteroatoms. The van der Waals surface area contributed by atoms with Gasteiger partial charge in [0.25, 0.3) is 0 Å². The van der Waals surface area contributed by atoms with E-state index in [-0.39, 0.29) is 5.41 Å². The van der Waals surface area contributed by atoms with Crippen molar-refractivity contribution in [1.29, 1.82) is 0 Å². The van der Waals surface area contributed by atoms with Crippen LogP contribution in [0.25, 0.3) is 0 Å². The van der Waals surface area contributed by atoms with Gasteiger partial charge in [-0.3, -0.25) is 4.90 Å². The predicted octanol–water partition coefficient (Wildman–Crippen LogP) is 3.56. The molecular formula is C17H32N2. The second kappa shape index (κ2) is 7.25. The van der Waals surface area contributed by atoms with E-state index in [1.54, 1.807) is 0 Å². The maximum atomic E-state index is 2.59. The van der Waals surface area contributed by atoms with E-state index < -0.39 is 0 Å². The SMILES string of the molecule is CC=C(CN1CCN(C)CC1)C(=CC)C(C)(C)CC. The second-order valence-electron chi connectivity index (χ2n) is 6.33. The summed E-state index contributed by atoms with van der Waals surface area (Å²) in [5.74, 6) is 0. The lowest BCUT2D eigenvalue weighted by Crippen LogP contribution is -2.45. The highest BCUT2D eigenvalue weighted by atomic mass is 15.2. The summed E-state index contributed by atoms with van der Waals surface area (Å²) in [7, 11) is 2.21. The van der Waals surface area contributed by atoms with Crippen molar-refractivity contribution in [1.82, 2.24) is 9.80 Å². The van der Waals surface area contributed by atoms with Crippen LogP contribution in [-0.4, -0.2) is 49.6 Å². The molecule has 0 N–H and O–H groups in total. The third kappa shape index (κ3) is 4.47. The van der Waals surface area contributed by atoms with E-state index >= 15 is 0 Å². The Kier molecular flexibility index (Phi) is 6.28. The second-order valence-corrected chi connectivity index (χ2v) is 6.33. The highest BCUT2D eigenvalue weighted by molar-refractivity contribution is 5.36. The van der Waals surface area contributed by atoms with Crippen molar-refractivity contribution in [3.05, 3.63) is 23.3 Å². The molecule has 1 aliphatic heterocycles. The average molecular weight is 264 g/mol. The van der Waals surface area contributed by atoms with Gasteiger partial charge in [0, 0.05) is 32.7 Å². The molecule has 0 saturated carbocycles. The van der Waals surface area contributed by atoms with Crippen LogP contribution in [0.1, 0.15) is 41.0 Å². The summed E-state index contributed by atoms with van der Waals surface area (Å²) in [6, 6.07) is 0. The molecule has 110 valence electrons. The molecule has 0 aliphatic carbocycles. The van der Waals surface area contributed by atoms with Gasteiger partial charge in [0.05, 0.1) is 0 Å². The minimum atomic E-state index is 0.281. The number of nitrogens with zero attached hydrogens (tertiary/aromatic N) is 2. The average Bonchev–Trinajstić information content (AvgIpc) is 2.40. The minimum Gasteiger partial charge on any atom is -0.304 e. The summed E-state index contributed by atoms with van der Waals surface area (Å²) in [6.45, 7) is 17.2. The van der Waals surface area contributed by atoms with Gasteiger partial charge < -0.3 is 4.90 Å². The summed E-state index contributed by atoms with van der Waals surface area (Å²) in [5.41, 5.74) is 3.32. The van der Waals surface area contributed by atoms with E-state index in [0.717, 1.165) is 6.54 Å². The first kappa shape index (κ1) is 16.5. The Labute approximate surface area is 120 Å². The van der Waals surface area contributed by atoms with Crippen molar-refractivity contribution >= 4 is 0 Å². The minimum absolute atomic E-state index is 0.281. The third-order valence-electron chi connectivity index (χ3n) is 4.59. The summed E-state index contributed by atoms with van der Waals surface area (Å²) in [6.07, 6.45) is 5.81. The third-order valence-corrected chi connectivity index (χ3v) is 4.59. The van der Waals surface area contributed by atoms with Gasteiger partial charge in [-0.1, -0.05) is 32.9 Å². The van der Waals surface area contributed by atoms with Crippen molar-refractivity contribution in [3.8, 4) is 0 Å². The maximum absolute atomic E-state index is 2.59. The molecule has 0 aromatic carbocycles. The van der Waals surface area contributed by atoms with E-state index in [9.17, 15) is 0 Å². The molecule has 1 heterocycles. The fraction of sp³-hybridized carbons (Fsp3) is 0.765. The zero-order chi connectivity index (χ0) is 14.5.